The van der Waals surface area contributed by atoms with Gasteiger partial charge in [-0.3, -0.25) is 10.2 Å². The Morgan fingerprint density at radius 1 is 1.11 bits per heavy atom. The Morgan fingerprint density at radius 3 is 2.60 bits per heavy atom. The summed E-state index contributed by atoms with van der Waals surface area (Å²) in [4.78, 5) is 21.9. The summed E-state index contributed by atoms with van der Waals surface area (Å²) in [6.45, 7) is 6.81. The molecule has 4 rings (SSSR count). The lowest BCUT2D eigenvalue weighted by molar-refractivity contribution is -0.114. The van der Waals surface area contributed by atoms with E-state index in [-0.39, 0.29) is 11.4 Å². The Balaban J connectivity index is 1.42. The normalized spacial score (nSPS) is 16.9. The fourth-order valence-corrected chi connectivity index (χ4v) is 3.80. The minimum atomic E-state index is -0.495. The number of amidine groups is 2. The molecule has 35 heavy (non-hydrogen) atoms. The molecule has 0 aromatic heterocycles. The lowest BCUT2D eigenvalue weighted by Crippen LogP contribution is -2.38. The molecule has 0 spiro atoms. The molecule has 1 amide bonds. The van der Waals surface area contributed by atoms with Gasteiger partial charge in [0, 0.05) is 6.08 Å². The van der Waals surface area contributed by atoms with Crippen molar-refractivity contribution in [1.82, 2.24) is 5.06 Å². The van der Waals surface area contributed by atoms with E-state index in [4.69, 9.17) is 24.5 Å². The van der Waals surface area contributed by atoms with E-state index in [0.717, 1.165) is 12.2 Å². The number of aliphatic imine (C=N–C) groups is 1. The van der Waals surface area contributed by atoms with Crippen molar-refractivity contribution in [3.8, 4) is 17.2 Å². The summed E-state index contributed by atoms with van der Waals surface area (Å²) < 4.78 is 17.4. The Hall–Kier alpha value is -4.07. The van der Waals surface area contributed by atoms with Crippen molar-refractivity contribution in [1.29, 1.82) is 5.41 Å². The van der Waals surface area contributed by atoms with Gasteiger partial charge in [-0.15, -0.1) is 5.06 Å². The molecule has 0 saturated carbocycles. The highest BCUT2D eigenvalue weighted by Crippen LogP contribution is 2.31. The zero-order valence-electron chi connectivity index (χ0n) is 20.3. The predicted octanol–water partition coefficient (Wildman–Crippen LogP) is 5.12. The van der Waals surface area contributed by atoms with Gasteiger partial charge in [0.05, 0.1) is 12.7 Å². The van der Waals surface area contributed by atoms with Crippen LogP contribution >= 0.6 is 0 Å². The van der Waals surface area contributed by atoms with Gasteiger partial charge < -0.3 is 19.0 Å². The van der Waals surface area contributed by atoms with Crippen LogP contribution in [0, 0.1) is 5.41 Å². The molecular formula is C27H29N3O5. The number of rotatable bonds is 9. The Labute approximate surface area is 204 Å². The Bertz CT molecular complexity index is 1230. The highest BCUT2D eigenvalue weighted by atomic mass is 16.7. The van der Waals surface area contributed by atoms with E-state index in [0.29, 0.717) is 47.8 Å². The molecule has 2 aliphatic heterocycles. The molecule has 0 aliphatic carbocycles. The first-order chi connectivity index (χ1) is 16.9. The third kappa shape index (κ3) is 5.21. The molecule has 2 heterocycles. The molecule has 0 bridgehead atoms. The zero-order chi connectivity index (χ0) is 24.9. The fraction of sp³-hybridized carbons (Fsp3) is 0.296. The second-order valence-corrected chi connectivity index (χ2v) is 8.28. The molecule has 8 nitrogen and oxygen atoms in total. The fourth-order valence-electron chi connectivity index (χ4n) is 3.80. The predicted molar refractivity (Wildman–Crippen MR) is 134 cm³/mol. The van der Waals surface area contributed by atoms with Crippen LogP contribution in [0.25, 0.3) is 6.08 Å². The number of hydrogen-bond donors (Lipinski definition) is 1. The number of nitrogens with zero attached hydrogens (tertiary/aromatic N) is 2. The van der Waals surface area contributed by atoms with Crippen molar-refractivity contribution in [2.24, 2.45) is 4.99 Å². The molecule has 1 N–H and O–H groups in total. The molecule has 2 aromatic carbocycles. The van der Waals surface area contributed by atoms with E-state index in [2.05, 4.69) is 24.9 Å². The molecule has 0 unspecified atom stereocenters. The van der Waals surface area contributed by atoms with E-state index in [1.54, 1.807) is 44.4 Å². The van der Waals surface area contributed by atoms with E-state index < -0.39 is 5.91 Å². The van der Waals surface area contributed by atoms with Crippen LogP contribution in [-0.4, -0.2) is 43.0 Å². The summed E-state index contributed by atoms with van der Waals surface area (Å²) in [7, 11) is 1.55. The number of carbonyl (C=O) groups excluding carboxylic acids is 1. The van der Waals surface area contributed by atoms with Crippen LogP contribution in [0.2, 0.25) is 0 Å². The smallest absolute Gasteiger partial charge is 0.282 e. The summed E-state index contributed by atoms with van der Waals surface area (Å²) in [5.41, 5.74) is 1.99. The van der Waals surface area contributed by atoms with E-state index in [9.17, 15) is 4.79 Å². The number of hydroxylamine groups is 2. The second kappa shape index (κ2) is 10.5. The average molecular weight is 476 g/mol. The number of methoxy groups -OCH3 is 1. The molecule has 2 aromatic rings. The highest BCUT2D eigenvalue weighted by molar-refractivity contribution is 6.32. The molecule has 182 valence electrons. The maximum atomic E-state index is 12.5. The van der Waals surface area contributed by atoms with Gasteiger partial charge in [-0.2, -0.15) is 4.99 Å². The van der Waals surface area contributed by atoms with Crippen molar-refractivity contribution in [3.63, 3.8) is 0 Å². The number of amides is 1. The van der Waals surface area contributed by atoms with Crippen LogP contribution in [0.1, 0.15) is 44.2 Å². The second-order valence-electron chi connectivity index (χ2n) is 8.28. The van der Waals surface area contributed by atoms with Crippen LogP contribution in [0.5, 0.6) is 17.2 Å². The number of hydrogen-bond acceptors (Lipinski definition) is 6. The van der Waals surface area contributed by atoms with Gasteiger partial charge in [0.25, 0.3) is 5.91 Å². The van der Waals surface area contributed by atoms with E-state index in [1.165, 1.54) is 10.6 Å². The summed E-state index contributed by atoms with van der Waals surface area (Å²) in [5.74, 6) is 2.67. The number of fused-ring (bicyclic) bond motifs is 1. The molecule has 2 aliphatic rings. The topological polar surface area (TPSA) is 93.4 Å². The number of allylic oxidation sites excluding steroid dienone is 1. The van der Waals surface area contributed by atoms with Crippen molar-refractivity contribution in [2.45, 2.75) is 33.1 Å². The Morgan fingerprint density at radius 2 is 1.86 bits per heavy atom. The standard InChI is InChI=1S/C27H29N3O5/c1-5-17(2)20-8-6-7-9-22(20)33-12-13-34-23-11-10-19(16-24(23)32-4)15-21-26(28)30-25(29-27(21)31)14-18(3)35-30/h6-11,14-17,28H,5,12-13H2,1-4H3/b21-15+,28-26?/t17-/m1/s1. The van der Waals surface area contributed by atoms with Gasteiger partial charge in [0.15, 0.2) is 23.2 Å². The Kier molecular flexibility index (Phi) is 7.19. The van der Waals surface area contributed by atoms with Crippen LogP contribution in [0.15, 0.2) is 64.9 Å². The molecule has 0 radical (unpaired) electrons. The maximum Gasteiger partial charge on any atom is 0.282 e. The number of benzene rings is 2. The third-order valence-electron chi connectivity index (χ3n) is 5.84. The molecule has 0 saturated heterocycles. The van der Waals surface area contributed by atoms with Gasteiger partial charge in [0.2, 0.25) is 0 Å². The average Bonchev–Trinajstić information content (AvgIpc) is 3.24. The van der Waals surface area contributed by atoms with E-state index >= 15 is 0 Å². The van der Waals surface area contributed by atoms with Crippen molar-refractivity contribution < 1.29 is 23.8 Å². The first-order valence-electron chi connectivity index (χ1n) is 11.5. The molecular weight excluding hydrogens is 446 g/mol. The molecule has 1 atom stereocenters. The molecule has 0 fully saturated rings. The first-order valence-corrected chi connectivity index (χ1v) is 11.5. The first kappa shape index (κ1) is 24.1. The molecule has 8 heteroatoms. The largest absolute Gasteiger partial charge is 0.493 e. The number of para-hydroxylation sites is 1. The quantitative estimate of drug-likeness (QED) is 0.400. The zero-order valence-corrected chi connectivity index (χ0v) is 20.3. The van der Waals surface area contributed by atoms with Crippen LogP contribution in [0.4, 0.5) is 0 Å². The summed E-state index contributed by atoms with van der Waals surface area (Å²) in [6, 6.07) is 13.4. The summed E-state index contributed by atoms with van der Waals surface area (Å²) >= 11 is 0. The van der Waals surface area contributed by atoms with Crippen LogP contribution < -0.4 is 14.2 Å². The number of carbonyl (C=O) groups is 1. The minimum Gasteiger partial charge on any atom is -0.493 e. The monoisotopic (exact) mass is 475 g/mol. The minimum absolute atomic E-state index is 0.0674. The SMILES string of the molecule is CC[C@@H](C)c1ccccc1OCCOc1ccc(/C=C2\C(=N)N3OC(C)=CC3=NC2=O)cc1OC. The van der Waals surface area contributed by atoms with Crippen LogP contribution in [0.3, 0.4) is 0 Å². The van der Waals surface area contributed by atoms with Gasteiger partial charge >= 0.3 is 0 Å². The number of nitrogens with one attached hydrogen (secondary N) is 1. The van der Waals surface area contributed by atoms with Gasteiger partial charge in [-0.05, 0) is 54.7 Å². The van der Waals surface area contributed by atoms with Crippen LogP contribution in [-0.2, 0) is 9.63 Å². The summed E-state index contributed by atoms with van der Waals surface area (Å²) in [5, 5.41) is 9.58. The van der Waals surface area contributed by atoms with Gasteiger partial charge in [0.1, 0.15) is 24.7 Å². The lowest BCUT2D eigenvalue weighted by Gasteiger charge is -2.23. The highest BCUT2D eigenvalue weighted by Gasteiger charge is 2.34. The van der Waals surface area contributed by atoms with Crippen molar-refractivity contribution in [2.75, 3.05) is 20.3 Å². The third-order valence-corrected chi connectivity index (χ3v) is 5.84. The van der Waals surface area contributed by atoms with E-state index in [1.807, 2.05) is 18.2 Å². The van der Waals surface area contributed by atoms with Gasteiger partial charge in [-0.1, -0.05) is 38.1 Å². The van der Waals surface area contributed by atoms with Gasteiger partial charge in [-0.25, -0.2) is 0 Å². The lowest BCUT2D eigenvalue weighted by atomic mass is 9.98. The van der Waals surface area contributed by atoms with Crippen molar-refractivity contribution >= 4 is 23.7 Å². The maximum absolute atomic E-state index is 12.5. The van der Waals surface area contributed by atoms with Crippen molar-refractivity contribution in [3.05, 3.63) is 71.0 Å². The number of ether oxygens (including phenoxy) is 3. The summed E-state index contributed by atoms with van der Waals surface area (Å²) in [6.07, 6.45) is 4.24.